The molecule has 1 aromatic rings. The Bertz CT molecular complexity index is 470. The average Bonchev–Trinajstić information content (AvgIpc) is 2.56. The van der Waals surface area contributed by atoms with Crippen LogP contribution in [0.2, 0.25) is 0 Å². The van der Waals surface area contributed by atoms with Gasteiger partial charge in [-0.1, -0.05) is 24.3 Å². The maximum atomic E-state index is 6.04. The topological polar surface area (TPSA) is 99.8 Å². The van der Waals surface area contributed by atoms with Gasteiger partial charge in [-0.15, -0.1) is 0 Å². The maximum absolute atomic E-state index is 6.04. The maximum Gasteiger partial charge on any atom is 0.157 e. The number of ether oxygens (including phenoxy) is 2. The molecule has 6 heteroatoms. The summed E-state index contributed by atoms with van der Waals surface area (Å²) in [6.45, 7) is 2.37. The predicted molar refractivity (Wildman–Crippen MR) is 86.9 cm³/mol. The highest BCUT2D eigenvalue weighted by Crippen LogP contribution is 2.14. The molecule has 22 heavy (non-hydrogen) atoms. The quantitative estimate of drug-likeness (QED) is 0.516. The van der Waals surface area contributed by atoms with Gasteiger partial charge in [0.05, 0.1) is 18.8 Å². The van der Waals surface area contributed by atoms with Crippen molar-refractivity contribution in [3.05, 3.63) is 41.6 Å². The minimum absolute atomic E-state index is 0.0905. The smallest absolute Gasteiger partial charge is 0.157 e. The van der Waals surface area contributed by atoms with Crippen LogP contribution in [-0.2, 0) is 16.0 Å². The number of hydrazine groups is 1. The standard InChI is InChI=1S/C16H26N4O2/c17-11-13-4-6-14(7-5-13)15(18)12-20(19)8-10-22-16-3-1-2-9-21-16/h4-7,12,16H,1-3,8-11,17-19H2/b15-12-. The Balaban J connectivity index is 1.77. The third-order valence-electron chi connectivity index (χ3n) is 3.62. The van der Waals surface area contributed by atoms with Gasteiger partial charge in [0, 0.05) is 19.4 Å². The van der Waals surface area contributed by atoms with Crippen molar-refractivity contribution in [1.82, 2.24) is 5.01 Å². The van der Waals surface area contributed by atoms with Gasteiger partial charge in [-0.2, -0.15) is 0 Å². The van der Waals surface area contributed by atoms with Crippen LogP contribution in [0, 0.1) is 0 Å². The van der Waals surface area contributed by atoms with Crippen LogP contribution in [0.3, 0.4) is 0 Å². The van der Waals surface area contributed by atoms with Crippen molar-refractivity contribution in [3.63, 3.8) is 0 Å². The van der Waals surface area contributed by atoms with E-state index >= 15 is 0 Å². The zero-order valence-electron chi connectivity index (χ0n) is 12.9. The molecule has 6 nitrogen and oxygen atoms in total. The number of nitrogens with zero attached hydrogens (tertiary/aromatic N) is 1. The fourth-order valence-corrected chi connectivity index (χ4v) is 2.28. The molecule has 0 amide bonds. The number of nitrogens with two attached hydrogens (primary N) is 3. The summed E-state index contributed by atoms with van der Waals surface area (Å²) in [5.74, 6) is 5.92. The molecule has 0 aromatic heterocycles. The first-order valence-corrected chi connectivity index (χ1v) is 7.70. The van der Waals surface area contributed by atoms with Crippen LogP contribution in [0.1, 0.15) is 30.4 Å². The second kappa shape index (κ2) is 8.75. The fourth-order valence-electron chi connectivity index (χ4n) is 2.28. The van der Waals surface area contributed by atoms with E-state index in [9.17, 15) is 0 Å². The van der Waals surface area contributed by atoms with Crippen LogP contribution < -0.4 is 17.3 Å². The molecule has 1 aromatic carbocycles. The minimum atomic E-state index is -0.0905. The summed E-state index contributed by atoms with van der Waals surface area (Å²) in [4.78, 5) is 0. The van der Waals surface area contributed by atoms with Crippen molar-refractivity contribution in [2.75, 3.05) is 19.8 Å². The Morgan fingerprint density at radius 1 is 1.32 bits per heavy atom. The summed E-state index contributed by atoms with van der Waals surface area (Å²) < 4.78 is 11.1. The summed E-state index contributed by atoms with van der Waals surface area (Å²) in [5, 5.41) is 1.54. The molecule has 1 heterocycles. The third kappa shape index (κ3) is 5.31. The van der Waals surface area contributed by atoms with Gasteiger partial charge in [-0.05, 0) is 30.4 Å². The van der Waals surface area contributed by atoms with Crippen molar-refractivity contribution in [2.45, 2.75) is 32.1 Å². The lowest BCUT2D eigenvalue weighted by atomic mass is 10.1. The lowest BCUT2D eigenvalue weighted by molar-refractivity contribution is -0.163. The van der Waals surface area contributed by atoms with E-state index in [1.165, 1.54) is 5.01 Å². The Morgan fingerprint density at radius 2 is 2.09 bits per heavy atom. The Morgan fingerprint density at radius 3 is 2.73 bits per heavy atom. The molecular weight excluding hydrogens is 280 g/mol. The molecule has 1 aliphatic rings. The first-order valence-electron chi connectivity index (χ1n) is 7.70. The monoisotopic (exact) mass is 306 g/mol. The average molecular weight is 306 g/mol. The van der Waals surface area contributed by atoms with Gasteiger partial charge in [0.2, 0.25) is 0 Å². The summed E-state index contributed by atoms with van der Waals surface area (Å²) in [6, 6.07) is 7.79. The van der Waals surface area contributed by atoms with Crippen molar-refractivity contribution >= 4 is 5.70 Å². The minimum Gasteiger partial charge on any atom is -0.397 e. The van der Waals surface area contributed by atoms with Gasteiger partial charge in [0.1, 0.15) is 0 Å². The van der Waals surface area contributed by atoms with Crippen LogP contribution in [0.4, 0.5) is 0 Å². The number of hydrogen-bond acceptors (Lipinski definition) is 6. The molecule has 1 saturated heterocycles. The first-order chi connectivity index (χ1) is 10.7. The molecule has 0 saturated carbocycles. The number of benzene rings is 1. The summed E-state index contributed by atoms with van der Waals surface area (Å²) >= 11 is 0. The highest BCUT2D eigenvalue weighted by molar-refractivity contribution is 5.62. The van der Waals surface area contributed by atoms with Gasteiger partial charge in [0.25, 0.3) is 0 Å². The predicted octanol–water partition coefficient (Wildman–Crippen LogP) is 1.12. The van der Waals surface area contributed by atoms with Crippen LogP contribution in [0.15, 0.2) is 30.5 Å². The molecule has 0 radical (unpaired) electrons. The van der Waals surface area contributed by atoms with Crippen molar-refractivity contribution in [1.29, 1.82) is 0 Å². The van der Waals surface area contributed by atoms with Crippen molar-refractivity contribution in [3.8, 4) is 0 Å². The summed E-state index contributed by atoms with van der Waals surface area (Å²) in [5.41, 5.74) is 14.2. The fraction of sp³-hybridized carbons (Fsp3) is 0.500. The van der Waals surface area contributed by atoms with Crippen LogP contribution in [-0.4, -0.2) is 31.1 Å². The summed E-state index contributed by atoms with van der Waals surface area (Å²) in [6.07, 6.45) is 4.85. The molecule has 122 valence electrons. The molecule has 6 N–H and O–H groups in total. The molecule has 2 rings (SSSR count). The van der Waals surface area contributed by atoms with Gasteiger partial charge >= 0.3 is 0 Å². The molecule has 1 atom stereocenters. The lowest BCUT2D eigenvalue weighted by Gasteiger charge is -2.23. The highest BCUT2D eigenvalue weighted by Gasteiger charge is 2.13. The summed E-state index contributed by atoms with van der Waals surface area (Å²) in [7, 11) is 0. The van der Waals surface area contributed by atoms with Gasteiger partial charge in [-0.3, -0.25) is 0 Å². The molecule has 0 aliphatic carbocycles. The largest absolute Gasteiger partial charge is 0.397 e. The second-order valence-corrected chi connectivity index (χ2v) is 5.39. The first kappa shape index (κ1) is 16.8. The van der Waals surface area contributed by atoms with Gasteiger partial charge in [-0.25, -0.2) is 5.84 Å². The molecular formula is C16H26N4O2. The van der Waals surface area contributed by atoms with Gasteiger partial charge in [0.15, 0.2) is 6.29 Å². The van der Waals surface area contributed by atoms with Gasteiger partial charge < -0.3 is 25.9 Å². The van der Waals surface area contributed by atoms with E-state index in [0.717, 1.165) is 37.0 Å². The van der Waals surface area contributed by atoms with Crippen molar-refractivity contribution < 1.29 is 9.47 Å². The second-order valence-electron chi connectivity index (χ2n) is 5.39. The molecule has 1 fully saturated rings. The SMILES string of the molecule is NCc1ccc(/C(N)=C/N(N)CCOC2CCCCO2)cc1. The Hall–Kier alpha value is -1.60. The van der Waals surface area contributed by atoms with E-state index in [0.29, 0.717) is 25.4 Å². The van der Waals surface area contributed by atoms with Crippen LogP contribution >= 0.6 is 0 Å². The molecule has 0 spiro atoms. The number of hydrogen-bond donors (Lipinski definition) is 3. The molecule has 1 unspecified atom stereocenters. The lowest BCUT2D eigenvalue weighted by Crippen LogP contribution is -2.32. The zero-order chi connectivity index (χ0) is 15.8. The van der Waals surface area contributed by atoms with E-state index < -0.39 is 0 Å². The third-order valence-corrected chi connectivity index (χ3v) is 3.62. The molecule has 1 aliphatic heterocycles. The zero-order valence-corrected chi connectivity index (χ0v) is 12.9. The van der Waals surface area contributed by atoms with E-state index in [2.05, 4.69) is 0 Å². The van der Waals surface area contributed by atoms with Crippen LogP contribution in [0.5, 0.6) is 0 Å². The number of rotatable bonds is 7. The highest BCUT2D eigenvalue weighted by atomic mass is 16.7. The van der Waals surface area contributed by atoms with E-state index in [1.807, 2.05) is 24.3 Å². The van der Waals surface area contributed by atoms with E-state index in [-0.39, 0.29) is 6.29 Å². The normalized spacial score (nSPS) is 19.2. The molecule has 0 bridgehead atoms. The van der Waals surface area contributed by atoms with E-state index in [4.69, 9.17) is 26.8 Å². The Labute approximate surface area is 131 Å². The van der Waals surface area contributed by atoms with Crippen molar-refractivity contribution in [2.24, 2.45) is 17.3 Å². The van der Waals surface area contributed by atoms with Crippen LogP contribution in [0.25, 0.3) is 5.70 Å². The van der Waals surface area contributed by atoms with E-state index in [1.54, 1.807) is 6.20 Å². The Kier molecular flexibility index (Phi) is 6.67.